The van der Waals surface area contributed by atoms with Crippen molar-refractivity contribution in [3.05, 3.63) is 27.7 Å². The van der Waals surface area contributed by atoms with Gasteiger partial charge in [0, 0.05) is 10.7 Å². The number of aromatic nitrogens is 1. The number of hydrogen-bond acceptors (Lipinski definition) is 2. The molecule has 0 atom stereocenters. The molecule has 1 aromatic rings. The Morgan fingerprint density at radius 1 is 1.57 bits per heavy atom. The molecule has 0 aliphatic heterocycles. The van der Waals surface area contributed by atoms with Crippen molar-refractivity contribution in [3.63, 3.8) is 0 Å². The molecule has 1 aromatic heterocycles. The molecule has 2 N–H and O–H groups in total. The SMILES string of the molecule is NC(=O)c1c(Br)cnc(F)c1C(F)F. The highest BCUT2D eigenvalue weighted by Crippen LogP contribution is 2.29. The summed E-state index contributed by atoms with van der Waals surface area (Å²) in [5, 5.41) is 0. The lowest BCUT2D eigenvalue weighted by Crippen LogP contribution is -2.16. The fourth-order valence-corrected chi connectivity index (χ4v) is 1.44. The van der Waals surface area contributed by atoms with Crippen LogP contribution in [0.25, 0.3) is 0 Å². The number of carbonyl (C=O) groups excluding carboxylic acids is 1. The zero-order chi connectivity index (χ0) is 10.9. The average Bonchev–Trinajstić information content (AvgIpc) is 2.07. The van der Waals surface area contributed by atoms with E-state index in [1.54, 1.807) is 0 Å². The molecular weight excluding hydrogens is 265 g/mol. The first-order valence-electron chi connectivity index (χ1n) is 3.37. The van der Waals surface area contributed by atoms with Crippen LogP contribution in [-0.4, -0.2) is 10.9 Å². The smallest absolute Gasteiger partial charge is 0.269 e. The largest absolute Gasteiger partial charge is 0.366 e. The summed E-state index contributed by atoms with van der Waals surface area (Å²) in [6, 6.07) is 0. The lowest BCUT2D eigenvalue weighted by atomic mass is 10.1. The van der Waals surface area contributed by atoms with E-state index in [9.17, 15) is 18.0 Å². The maximum Gasteiger partial charge on any atom is 0.269 e. The summed E-state index contributed by atoms with van der Waals surface area (Å²) >= 11 is 2.79. The van der Waals surface area contributed by atoms with Gasteiger partial charge in [0.15, 0.2) is 0 Å². The van der Waals surface area contributed by atoms with Gasteiger partial charge in [-0.1, -0.05) is 0 Å². The molecule has 0 radical (unpaired) electrons. The first kappa shape index (κ1) is 11.0. The fraction of sp³-hybridized carbons (Fsp3) is 0.143. The lowest BCUT2D eigenvalue weighted by Gasteiger charge is -2.07. The van der Waals surface area contributed by atoms with Crippen LogP contribution in [0.2, 0.25) is 0 Å². The number of nitrogens with two attached hydrogens (primary N) is 1. The molecule has 0 aliphatic carbocycles. The highest BCUT2D eigenvalue weighted by Gasteiger charge is 2.24. The van der Waals surface area contributed by atoms with Crippen molar-refractivity contribution in [2.45, 2.75) is 6.43 Å². The third kappa shape index (κ3) is 1.87. The van der Waals surface area contributed by atoms with Crippen molar-refractivity contribution in [3.8, 4) is 0 Å². The highest BCUT2D eigenvalue weighted by molar-refractivity contribution is 9.10. The van der Waals surface area contributed by atoms with Crippen molar-refractivity contribution in [2.24, 2.45) is 5.73 Å². The summed E-state index contributed by atoms with van der Waals surface area (Å²) in [6.45, 7) is 0. The van der Waals surface area contributed by atoms with Crippen LogP contribution < -0.4 is 5.73 Å². The number of pyridine rings is 1. The number of halogens is 4. The molecule has 1 amide bonds. The van der Waals surface area contributed by atoms with E-state index in [4.69, 9.17) is 5.73 Å². The van der Waals surface area contributed by atoms with Gasteiger partial charge < -0.3 is 5.73 Å². The summed E-state index contributed by atoms with van der Waals surface area (Å²) in [7, 11) is 0. The van der Waals surface area contributed by atoms with Crippen molar-refractivity contribution in [1.82, 2.24) is 4.98 Å². The van der Waals surface area contributed by atoms with Gasteiger partial charge in [0.05, 0.1) is 11.1 Å². The minimum absolute atomic E-state index is 0.0540. The molecule has 0 fully saturated rings. The molecule has 0 unspecified atom stereocenters. The molecule has 0 bridgehead atoms. The predicted octanol–water partition coefficient (Wildman–Crippen LogP) is 2.02. The molecule has 14 heavy (non-hydrogen) atoms. The quantitative estimate of drug-likeness (QED) is 0.835. The molecule has 0 aromatic carbocycles. The van der Waals surface area contributed by atoms with Crippen LogP contribution in [0.3, 0.4) is 0 Å². The Labute approximate surface area is 85.2 Å². The van der Waals surface area contributed by atoms with Gasteiger partial charge in [0.1, 0.15) is 0 Å². The summed E-state index contributed by atoms with van der Waals surface area (Å²) in [6.07, 6.45) is -2.23. The molecule has 0 saturated carbocycles. The Hall–Kier alpha value is -1.11. The maximum absolute atomic E-state index is 12.8. The van der Waals surface area contributed by atoms with Gasteiger partial charge in [-0.2, -0.15) is 4.39 Å². The standard InChI is InChI=1S/C7H4BrF3N2O/c8-2-1-13-6(11)4(5(9)10)3(2)7(12)14/h1,5H,(H2,12,14). The lowest BCUT2D eigenvalue weighted by molar-refractivity contribution is 0.0981. The molecule has 1 heterocycles. The van der Waals surface area contributed by atoms with E-state index in [-0.39, 0.29) is 4.47 Å². The highest BCUT2D eigenvalue weighted by atomic mass is 79.9. The zero-order valence-corrected chi connectivity index (χ0v) is 8.19. The Bertz CT molecular complexity index is 383. The van der Waals surface area contributed by atoms with Gasteiger partial charge in [-0.25, -0.2) is 13.8 Å². The zero-order valence-electron chi connectivity index (χ0n) is 6.60. The van der Waals surface area contributed by atoms with Gasteiger partial charge in [-0.15, -0.1) is 0 Å². The number of rotatable bonds is 2. The second kappa shape index (κ2) is 3.95. The second-order valence-corrected chi connectivity index (χ2v) is 3.20. The van der Waals surface area contributed by atoms with E-state index in [0.29, 0.717) is 0 Å². The molecule has 7 heteroatoms. The molecule has 0 saturated heterocycles. The molecule has 0 spiro atoms. The number of primary amides is 1. The van der Waals surface area contributed by atoms with Gasteiger partial charge in [0.25, 0.3) is 12.3 Å². The Balaban J connectivity index is 3.50. The first-order chi connectivity index (χ1) is 6.45. The van der Waals surface area contributed by atoms with E-state index in [0.717, 1.165) is 6.20 Å². The van der Waals surface area contributed by atoms with E-state index in [1.807, 2.05) is 0 Å². The van der Waals surface area contributed by atoms with Gasteiger partial charge in [-0.3, -0.25) is 4.79 Å². The van der Waals surface area contributed by atoms with Crippen molar-refractivity contribution in [1.29, 1.82) is 0 Å². The number of carbonyl (C=O) groups is 1. The van der Waals surface area contributed by atoms with Crippen molar-refractivity contribution >= 4 is 21.8 Å². The van der Waals surface area contributed by atoms with Gasteiger partial charge >= 0.3 is 0 Å². The number of alkyl halides is 2. The number of amides is 1. The average molecular weight is 269 g/mol. The van der Waals surface area contributed by atoms with E-state index >= 15 is 0 Å². The summed E-state index contributed by atoms with van der Waals surface area (Å²) in [4.78, 5) is 13.8. The van der Waals surface area contributed by atoms with E-state index in [2.05, 4.69) is 20.9 Å². The Kier molecular flexibility index (Phi) is 3.10. The van der Waals surface area contributed by atoms with Crippen LogP contribution >= 0.6 is 15.9 Å². The monoisotopic (exact) mass is 268 g/mol. The topological polar surface area (TPSA) is 56.0 Å². The normalized spacial score (nSPS) is 10.6. The summed E-state index contributed by atoms with van der Waals surface area (Å²) in [5.74, 6) is -2.52. The van der Waals surface area contributed by atoms with Crippen LogP contribution in [0.4, 0.5) is 13.2 Å². The molecule has 1 rings (SSSR count). The predicted molar refractivity (Wildman–Crippen MR) is 45.4 cm³/mol. The molecule has 3 nitrogen and oxygen atoms in total. The second-order valence-electron chi connectivity index (χ2n) is 2.35. The van der Waals surface area contributed by atoms with Crippen molar-refractivity contribution < 1.29 is 18.0 Å². The third-order valence-corrected chi connectivity index (χ3v) is 2.09. The first-order valence-corrected chi connectivity index (χ1v) is 4.16. The van der Waals surface area contributed by atoms with Gasteiger partial charge in [0.2, 0.25) is 5.95 Å². The van der Waals surface area contributed by atoms with Gasteiger partial charge in [-0.05, 0) is 15.9 Å². The maximum atomic E-state index is 12.8. The minimum Gasteiger partial charge on any atom is -0.366 e. The minimum atomic E-state index is -3.14. The Morgan fingerprint density at radius 3 is 2.50 bits per heavy atom. The Morgan fingerprint density at radius 2 is 2.14 bits per heavy atom. The van der Waals surface area contributed by atoms with Crippen LogP contribution in [-0.2, 0) is 0 Å². The fourth-order valence-electron chi connectivity index (χ4n) is 0.929. The molecule has 0 aliphatic rings. The molecule has 76 valence electrons. The van der Waals surface area contributed by atoms with Crippen LogP contribution in [0.5, 0.6) is 0 Å². The third-order valence-electron chi connectivity index (χ3n) is 1.49. The van der Waals surface area contributed by atoms with E-state index in [1.165, 1.54) is 0 Å². The number of nitrogens with zero attached hydrogens (tertiary/aromatic N) is 1. The summed E-state index contributed by atoms with van der Waals surface area (Å²) < 4.78 is 37.4. The number of hydrogen-bond donors (Lipinski definition) is 1. The van der Waals surface area contributed by atoms with E-state index < -0.39 is 29.4 Å². The molecular formula is C7H4BrF3N2O. The van der Waals surface area contributed by atoms with Crippen LogP contribution in [0.15, 0.2) is 10.7 Å². The van der Waals surface area contributed by atoms with Crippen LogP contribution in [0, 0.1) is 5.95 Å². The summed E-state index contributed by atoms with van der Waals surface area (Å²) in [5.41, 5.74) is 3.17. The van der Waals surface area contributed by atoms with Crippen LogP contribution in [0.1, 0.15) is 22.3 Å². The van der Waals surface area contributed by atoms with Crippen molar-refractivity contribution in [2.75, 3.05) is 0 Å².